The molecule has 3 rings (SSSR count). The van der Waals surface area contributed by atoms with Crippen LogP contribution in [0.5, 0.6) is 0 Å². The van der Waals surface area contributed by atoms with Crippen LogP contribution in [0.3, 0.4) is 0 Å². The zero-order valence-electron chi connectivity index (χ0n) is 13.9. The summed E-state index contributed by atoms with van der Waals surface area (Å²) < 4.78 is 1.51. The third-order valence-corrected chi connectivity index (χ3v) is 6.10. The zero-order chi connectivity index (χ0) is 17.2. The molecule has 2 aromatic heterocycles. The summed E-state index contributed by atoms with van der Waals surface area (Å²) in [5.74, 6) is 0.0648. The maximum absolute atomic E-state index is 12.4. The highest BCUT2D eigenvalue weighted by Crippen LogP contribution is 2.34. The van der Waals surface area contributed by atoms with Gasteiger partial charge >= 0.3 is 0 Å². The normalized spacial score (nSPS) is 17.3. The number of likely N-dealkylation sites (tertiary alicyclic amines) is 1. The molecule has 1 amide bonds. The van der Waals surface area contributed by atoms with Crippen LogP contribution in [0.4, 0.5) is 0 Å². The van der Waals surface area contributed by atoms with Gasteiger partial charge in [-0.25, -0.2) is 4.98 Å². The summed E-state index contributed by atoms with van der Waals surface area (Å²) in [6.07, 6.45) is 4.45. The molecule has 24 heavy (non-hydrogen) atoms. The Bertz CT molecular complexity index is 769. The van der Waals surface area contributed by atoms with Gasteiger partial charge in [0.25, 0.3) is 5.56 Å². The van der Waals surface area contributed by atoms with Gasteiger partial charge < -0.3 is 10.0 Å². The lowest BCUT2D eigenvalue weighted by Crippen LogP contribution is -2.44. The van der Waals surface area contributed by atoms with E-state index in [4.69, 9.17) is 0 Å². The van der Waals surface area contributed by atoms with E-state index in [-0.39, 0.29) is 23.5 Å². The second kappa shape index (κ2) is 7.03. The molecular weight excluding hydrogens is 326 g/mol. The number of aliphatic hydroxyl groups is 1. The first-order chi connectivity index (χ1) is 11.6. The quantitative estimate of drug-likeness (QED) is 0.894. The average Bonchev–Trinajstić information content (AvgIpc) is 3.10. The van der Waals surface area contributed by atoms with Crippen molar-refractivity contribution in [1.29, 1.82) is 0 Å². The van der Waals surface area contributed by atoms with Gasteiger partial charge in [0.2, 0.25) is 5.91 Å². The van der Waals surface area contributed by atoms with Crippen LogP contribution in [0.1, 0.15) is 32.6 Å². The number of rotatable bonds is 5. The second-order valence-electron chi connectivity index (χ2n) is 6.52. The molecule has 3 heterocycles. The smallest absolute Gasteiger partial charge is 0.262 e. The summed E-state index contributed by atoms with van der Waals surface area (Å²) in [4.78, 5) is 31.6. The number of aliphatic hydroxyl groups excluding tert-OH is 1. The average molecular weight is 349 g/mol. The van der Waals surface area contributed by atoms with Gasteiger partial charge in [0.1, 0.15) is 4.83 Å². The number of thiophene rings is 1. The summed E-state index contributed by atoms with van der Waals surface area (Å²) in [6, 6.07) is 1.78. The predicted octanol–water partition coefficient (Wildman–Crippen LogP) is 1.86. The molecular formula is C17H23N3O3S. The highest BCUT2D eigenvalue weighted by molar-refractivity contribution is 7.16. The number of piperidine rings is 1. The molecule has 0 aromatic carbocycles. The van der Waals surface area contributed by atoms with E-state index in [0.717, 1.165) is 24.1 Å². The van der Waals surface area contributed by atoms with Crippen molar-refractivity contribution in [2.75, 3.05) is 19.7 Å². The van der Waals surface area contributed by atoms with Gasteiger partial charge in [0.15, 0.2) is 0 Å². The van der Waals surface area contributed by atoms with Gasteiger partial charge in [-0.05, 0) is 36.1 Å². The molecule has 0 spiro atoms. The minimum Gasteiger partial charge on any atom is -0.396 e. The van der Waals surface area contributed by atoms with Crippen LogP contribution in [-0.2, 0) is 11.3 Å². The standard InChI is InChI=1S/C17H23N3O3S/c1-2-17(11-21)5-8-19(9-6-17)14(22)3-7-20-12-18-15-13(16(20)23)4-10-24-15/h4,10,12,21H,2-3,5-9,11H2,1H3. The van der Waals surface area contributed by atoms with Crippen molar-refractivity contribution in [3.05, 3.63) is 28.1 Å². The van der Waals surface area contributed by atoms with Crippen LogP contribution in [-0.4, -0.2) is 45.2 Å². The first-order valence-corrected chi connectivity index (χ1v) is 9.28. The molecule has 0 bridgehead atoms. The van der Waals surface area contributed by atoms with Crippen molar-refractivity contribution in [2.24, 2.45) is 5.41 Å². The lowest BCUT2D eigenvalue weighted by Gasteiger charge is -2.40. The largest absolute Gasteiger partial charge is 0.396 e. The molecule has 1 aliphatic heterocycles. The molecule has 1 aliphatic rings. The third kappa shape index (κ3) is 3.23. The van der Waals surface area contributed by atoms with Crippen LogP contribution in [0.15, 0.2) is 22.6 Å². The van der Waals surface area contributed by atoms with Crippen molar-refractivity contribution in [1.82, 2.24) is 14.5 Å². The Morgan fingerprint density at radius 2 is 2.17 bits per heavy atom. The molecule has 130 valence electrons. The molecule has 0 radical (unpaired) electrons. The number of hydrogen-bond acceptors (Lipinski definition) is 5. The van der Waals surface area contributed by atoms with Crippen LogP contribution < -0.4 is 5.56 Å². The Kier molecular flexibility index (Phi) is 5.01. The van der Waals surface area contributed by atoms with E-state index in [2.05, 4.69) is 11.9 Å². The van der Waals surface area contributed by atoms with E-state index in [1.807, 2.05) is 10.3 Å². The summed E-state index contributed by atoms with van der Waals surface area (Å²) in [5, 5.41) is 12.0. The van der Waals surface area contributed by atoms with Crippen molar-refractivity contribution >= 4 is 27.5 Å². The number of carbonyl (C=O) groups is 1. The lowest BCUT2D eigenvalue weighted by atomic mass is 9.77. The predicted molar refractivity (Wildman–Crippen MR) is 94.1 cm³/mol. The lowest BCUT2D eigenvalue weighted by molar-refractivity contribution is -0.134. The van der Waals surface area contributed by atoms with E-state index in [0.29, 0.717) is 31.4 Å². The van der Waals surface area contributed by atoms with Gasteiger partial charge in [-0.2, -0.15) is 0 Å². The zero-order valence-corrected chi connectivity index (χ0v) is 14.7. The second-order valence-corrected chi connectivity index (χ2v) is 7.42. The molecule has 0 aliphatic carbocycles. The Balaban J connectivity index is 1.59. The summed E-state index contributed by atoms with van der Waals surface area (Å²) in [7, 11) is 0. The number of aromatic nitrogens is 2. The number of carbonyl (C=O) groups excluding carboxylic acids is 1. The Morgan fingerprint density at radius 1 is 1.42 bits per heavy atom. The number of fused-ring (bicyclic) bond motifs is 1. The fraction of sp³-hybridized carbons (Fsp3) is 0.588. The molecule has 1 saturated heterocycles. The molecule has 0 atom stereocenters. The highest BCUT2D eigenvalue weighted by atomic mass is 32.1. The van der Waals surface area contributed by atoms with Crippen molar-refractivity contribution < 1.29 is 9.90 Å². The van der Waals surface area contributed by atoms with Gasteiger partial charge in [-0.3, -0.25) is 14.2 Å². The molecule has 0 unspecified atom stereocenters. The number of aryl methyl sites for hydroxylation is 1. The molecule has 6 nitrogen and oxygen atoms in total. The fourth-order valence-corrected chi connectivity index (χ4v) is 4.00. The van der Waals surface area contributed by atoms with Crippen LogP contribution in [0, 0.1) is 5.41 Å². The molecule has 0 saturated carbocycles. The topological polar surface area (TPSA) is 75.4 Å². The van der Waals surface area contributed by atoms with Crippen molar-refractivity contribution in [3.63, 3.8) is 0 Å². The van der Waals surface area contributed by atoms with Gasteiger partial charge in [0, 0.05) is 32.7 Å². The van der Waals surface area contributed by atoms with Crippen LogP contribution in [0.25, 0.3) is 10.2 Å². The Morgan fingerprint density at radius 3 is 2.83 bits per heavy atom. The van der Waals surface area contributed by atoms with Crippen molar-refractivity contribution in [3.8, 4) is 0 Å². The van der Waals surface area contributed by atoms with E-state index in [1.54, 1.807) is 6.07 Å². The molecule has 1 fully saturated rings. The molecule has 2 aromatic rings. The summed E-state index contributed by atoms with van der Waals surface area (Å²) in [5.41, 5.74) is -0.111. The first-order valence-electron chi connectivity index (χ1n) is 8.40. The minimum absolute atomic E-state index is 0.0262. The monoisotopic (exact) mass is 349 g/mol. The maximum atomic E-state index is 12.4. The van der Waals surface area contributed by atoms with E-state index in [9.17, 15) is 14.7 Å². The van der Waals surface area contributed by atoms with Gasteiger partial charge in [0.05, 0.1) is 11.7 Å². The molecule has 7 heteroatoms. The Hall–Kier alpha value is -1.73. The van der Waals surface area contributed by atoms with E-state index >= 15 is 0 Å². The number of amides is 1. The fourth-order valence-electron chi connectivity index (χ4n) is 3.28. The van der Waals surface area contributed by atoms with E-state index < -0.39 is 0 Å². The van der Waals surface area contributed by atoms with E-state index in [1.165, 1.54) is 22.2 Å². The number of nitrogens with zero attached hydrogens (tertiary/aromatic N) is 3. The van der Waals surface area contributed by atoms with Crippen molar-refractivity contribution in [2.45, 2.75) is 39.2 Å². The SMILES string of the molecule is CCC1(CO)CCN(C(=O)CCn2cnc3sccc3c2=O)CC1. The maximum Gasteiger partial charge on any atom is 0.262 e. The highest BCUT2D eigenvalue weighted by Gasteiger charge is 2.33. The first kappa shape index (κ1) is 17.1. The minimum atomic E-state index is -0.0852. The third-order valence-electron chi connectivity index (χ3n) is 5.28. The van der Waals surface area contributed by atoms with Gasteiger partial charge in [-0.15, -0.1) is 11.3 Å². The summed E-state index contributed by atoms with van der Waals surface area (Å²) in [6.45, 7) is 4.00. The molecule has 1 N–H and O–H groups in total. The van der Waals surface area contributed by atoms with Crippen LogP contribution >= 0.6 is 11.3 Å². The number of hydrogen-bond donors (Lipinski definition) is 1. The summed E-state index contributed by atoms with van der Waals surface area (Å²) >= 11 is 1.44. The van der Waals surface area contributed by atoms with Gasteiger partial charge in [-0.1, -0.05) is 6.92 Å². The van der Waals surface area contributed by atoms with Crippen LogP contribution in [0.2, 0.25) is 0 Å². The Labute approximate surface area is 144 Å².